The second-order valence-corrected chi connectivity index (χ2v) is 4.55. The standard InChI is InChI=1S/C9H14N2O2S/c1-8-3-4-9(7-10-8)14(13)11(2)5-6-12/h3-4,7,12H,5-6H2,1-2H3. The van der Waals surface area contributed by atoms with Gasteiger partial charge in [-0.15, -0.1) is 0 Å². The van der Waals surface area contributed by atoms with Crippen molar-refractivity contribution in [1.82, 2.24) is 9.29 Å². The zero-order valence-corrected chi connectivity index (χ0v) is 9.12. The molecular formula is C9H14N2O2S. The summed E-state index contributed by atoms with van der Waals surface area (Å²) in [4.78, 5) is 4.72. The number of hydrogen-bond donors (Lipinski definition) is 1. The van der Waals surface area contributed by atoms with Gasteiger partial charge in [0.25, 0.3) is 0 Å². The minimum absolute atomic E-state index is 0.00152. The van der Waals surface area contributed by atoms with E-state index in [9.17, 15) is 4.21 Å². The van der Waals surface area contributed by atoms with Crippen LogP contribution in [0, 0.1) is 6.92 Å². The molecule has 1 aromatic heterocycles. The molecule has 0 saturated carbocycles. The van der Waals surface area contributed by atoms with Crippen molar-refractivity contribution in [3.05, 3.63) is 24.0 Å². The van der Waals surface area contributed by atoms with Crippen molar-refractivity contribution in [2.24, 2.45) is 0 Å². The monoisotopic (exact) mass is 214 g/mol. The van der Waals surface area contributed by atoms with Crippen molar-refractivity contribution in [3.8, 4) is 0 Å². The van der Waals surface area contributed by atoms with Crippen LogP contribution in [0.15, 0.2) is 23.2 Å². The molecule has 0 aliphatic rings. The largest absolute Gasteiger partial charge is 0.395 e. The molecule has 0 aliphatic heterocycles. The maximum absolute atomic E-state index is 11.7. The Morgan fingerprint density at radius 1 is 1.57 bits per heavy atom. The number of aromatic nitrogens is 1. The number of aryl methyl sites for hydroxylation is 1. The fourth-order valence-corrected chi connectivity index (χ4v) is 1.90. The van der Waals surface area contributed by atoms with Crippen LogP contribution in [0.4, 0.5) is 0 Å². The molecule has 1 heterocycles. The molecule has 0 bridgehead atoms. The molecular weight excluding hydrogens is 200 g/mol. The summed E-state index contributed by atoms with van der Waals surface area (Å²) in [5.41, 5.74) is 0.899. The Balaban J connectivity index is 2.74. The molecule has 1 rings (SSSR count). The predicted octanol–water partition coefficient (Wildman–Crippen LogP) is 0.337. The first kappa shape index (κ1) is 11.3. The van der Waals surface area contributed by atoms with Gasteiger partial charge in [0.1, 0.15) is 11.0 Å². The summed E-state index contributed by atoms with van der Waals surface area (Å²) in [5.74, 6) is 0. The summed E-state index contributed by atoms with van der Waals surface area (Å²) in [6.07, 6.45) is 1.60. The van der Waals surface area contributed by atoms with Gasteiger partial charge in [-0.25, -0.2) is 8.51 Å². The highest BCUT2D eigenvalue weighted by Gasteiger charge is 2.09. The van der Waals surface area contributed by atoms with Gasteiger partial charge < -0.3 is 5.11 Å². The maximum atomic E-state index is 11.7. The topological polar surface area (TPSA) is 53.4 Å². The lowest BCUT2D eigenvalue weighted by atomic mass is 10.4. The summed E-state index contributed by atoms with van der Waals surface area (Å²) in [6.45, 7) is 2.27. The van der Waals surface area contributed by atoms with E-state index in [0.717, 1.165) is 5.69 Å². The Morgan fingerprint density at radius 2 is 2.29 bits per heavy atom. The second kappa shape index (κ2) is 5.19. The van der Waals surface area contributed by atoms with Gasteiger partial charge in [0.2, 0.25) is 0 Å². The first-order chi connectivity index (χ1) is 6.65. The molecule has 0 aliphatic carbocycles. The summed E-state index contributed by atoms with van der Waals surface area (Å²) >= 11 is 0. The van der Waals surface area contributed by atoms with Crippen molar-refractivity contribution in [2.45, 2.75) is 11.8 Å². The Hall–Kier alpha value is -0.780. The molecule has 0 spiro atoms. The van der Waals surface area contributed by atoms with Crippen molar-refractivity contribution in [1.29, 1.82) is 0 Å². The Bertz CT molecular complexity index is 313. The van der Waals surface area contributed by atoms with E-state index in [1.54, 1.807) is 23.6 Å². The van der Waals surface area contributed by atoms with Crippen LogP contribution in [-0.2, 0) is 11.0 Å². The predicted molar refractivity (Wildman–Crippen MR) is 55.1 cm³/mol. The van der Waals surface area contributed by atoms with E-state index in [2.05, 4.69) is 4.98 Å². The molecule has 1 atom stereocenters. The molecule has 1 aromatic rings. The average Bonchev–Trinajstić information content (AvgIpc) is 2.18. The third-order valence-electron chi connectivity index (χ3n) is 1.78. The number of aliphatic hydroxyl groups excluding tert-OH is 1. The molecule has 14 heavy (non-hydrogen) atoms. The summed E-state index contributed by atoms with van der Waals surface area (Å²) < 4.78 is 13.3. The van der Waals surface area contributed by atoms with Crippen molar-refractivity contribution in [2.75, 3.05) is 20.2 Å². The third-order valence-corrected chi connectivity index (χ3v) is 3.18. The van der Waals surface area contributed by atoms with Crippen LogP contribution in [0.25, 0.3) is 0 Å². The zero-order valence-electron chi connectivity index (χ0n) is 8.30. The van der Waals surface area contributed by atoms with Crippen molar-refractivity contribution < 1.29 is 9.32 Å². The van der Waals surface area contributed by atoms with Crippen LogP contribution < -0.4 is 0 Å². The SMILES string of the molecule is Cc1ccc(S(=O)N(C)CCO)cn1. The Morgan fingerprint density at radius 3 is 2.79 bits per heavy atom. The zero-order chi connectivity index (χ0) is 10.6. The molecule has 5 heteroatoms. The van der Waals surface area contributed by atoms with Crippen LogP contribution in [-0.4, -0.2) is 38.8 Å². The van der Waals surface area contributed by atoms with Gasteiger partial charge in [-0.2, -0.15) is 0 Å². The van der Waals surface area contributed by atoms with Crippen LogP contribution in [0.3, 0.4) is 0 Å². The van der Waals surface area contributed by atoms with E-state index in [-0.39, 0.29) is 6.61 Å². The molecule has 0 fully saturated rings. The van der Waals surface area contributed by atoms with E-state index in [4.69, 9.17) is 5.11 Å². The molecule has 0 aromatic carbocycles. The second-order valence-electron chi connectivity index (χ2n) is 2.96. The summed E-state index contributed by atoms with van der Waals surface area (Å²) in [7, 11) is 0.475. The summed E-state index contributed by atoms with van der Waals surface area (Å²) in [6, 6.07) is 3.60. The third kappa shape index (κ3) is 2.87. The smallest absolute Gasteiger partial charge is 0.129 e. The number of rotatable bonds is 4. The van der Waals surface area contributed by atoms with E-state index in [0.29, 0.717) is 11.4 Å². The quantitative estimate of drug-likeness (QED) is 0.786. The van der Waals surface area contributed by atoms with Gasteiger partial charge in [0.05, 0.1) is 11.5 Å². The number of aliphatic hydroxyl groups is 1. The fourth-order valence-electron chi connectivity index (χ4n) is 0.961. The first-order valence-electron chi connectivity index (χ1n) is 4.31. The molecule has 4 nitrogen and oxygen atoms in total. The molecule has 78 valence electrons. The van der Waals surface area contributed by atoms with Crippen molar-refractivity contribution >= 4 is 11.0 Å². The van der Waals surface area contributed by atoms with Gasteiger partial charge >= 0.3 is 0 Å². The first-order valence-corrected chi connectivity index (χ1v) is 5.42. The fraction of sp³-hybridized carbons (Fsp3) is 0.444. The molecule has 1 unspecified atom stereocenters. The van der Waals surface area contributed by atoms with Crippen LogP contribution in [0.5, 0.6) is 0 Å². The minimum atomic E-state index is -1.23. The number of hydrogen-bond acceptors (Lipinski definition) is 3. The van der Waals surface area contributed by atoms with Crippen LogP contribution in [0.2, 0.25) is 0 Å². The van der Waals surface area contributed by atoms with Crippen LogP contribution >= 0.6 is 0 Å². The minimum Gasteiger partial charge on any atom is -0.395 e. The highest BCUT2D eigenvalue weighted by molar-refractivity contribution is 7.82. The van der Waals surface area contributed by atoms with Crippen molar-refractivity contribution in [3.63, 3.8) is 0 Å². The Labute approximate surface area is 86.2 Å². The van der Waals surface area contributed by atoms with Gasteiger partial charge in [0.15, 0.2) is 0 Å². The Kier molecular flexibility index (Phi) is 4.19. The van der Waals surface area contributed by atoms with E-state index in [1.165, 1.54) is 0 Å². The van der Waals surface area contributed by atoms with E-state index >= 15 is 0 Å². The molecule has 1 N–H and O–H groups in total. The molecule has 0 radical (unpaired) electrons. The number of pyridine rings is 1. The van der Waals surface area contributed by atoms with E-state index in [1.807, 2.05) is 13.0 Å². The number of likely N-dealkylation sites (N-methyl/N-ethyl adjacent to an activating group) is 1. The lowest BCUT2D eigenvalue weighted by Gasteiger charge is -2.13. The average molecular weight is 214 g/mol. The van der Waals surface area contributed by atoms with Gasteiger partial charge in [-0.3, -0.25) is 4.98 Å². The lowest BCUT2D eigenvalue weighted by molar-refractivity contribution is 0.270. The van der Waals surface area contributed by atoms with Crippen LogP contribution in [0.1, 0.15) is 5.69 Å². The lowest BCUT2D eigenvalue weighted by Crippen LogP contribution is -2.24. The highest BCUT2D eigenvalue weighted by Crippen LogP contribution is 2.07. The normalized spacial score (nSPS) is 13.1. The molecule has 0 amide bonds. The number of nitrogens with zero attached hydrogens (tertiary/aromatic N) is 2. The highest BCUT2D eigenvalue weighted by atomic mass is 32.2. The van der Waals surface area contributed by atoms with Gasteiger partial charge in [0, 0.05) is 25.5 Å². The maximum Gasteiger partial charge on any atom is 0.129 e. The molecule has 0 saturated heterocycles. The van der Waals surface area contributed by atoms with Gasteiger partial charge in [-0.05, 0) is 19.1 Å². The summed E-state index contributed by atoms with van der Waals surface area (Å²) in [5, 5.41) is 8.68. The van der Waals surface area contributed by atoms with E-state index < -0.39 is 11.0 Å². The van der Waals surface area contributed by atoms with Gasteiger partial charge in [-0.1, -0.05) is 0 Å².